The summed E-state index contributed by atoms with van der Waals surface area (Å²) in [5, 5.41) is 25.5. The van der Waals surface area contributed by atoms with Crippen LogP contribution in [0.15, 0.2) is 0 Å². The minimum atomic E-state index is -1.85. The van der Waals surface area contributed by atoms with Gasteiger partial charge in [-0.25, -0.2) is 0 Å². The average molecular weight is 158 g/mol. The molecule has 0 radical (unpaired) electrons. The SMILES string of the molecule is CC(O)C(N)(O)CO.Cl. The second kappa shape index (κ2) is 4.03. The van der Waals surface area contributed by atoms with Crippen molar-refractivity contribution < 1.29 is 15.3 Å². The molecular weight excluding hydrogens is 146 g/mol. The lowest BCUT2D eigenvalue weighted by Gasteiger charge is -2.22. The summed E-state index contributed by atoms with van der Waals surface area (Å²) >= 11 is 0. The molecule has 2 atom stereocenters. The third-order valence-corrected chi connectivity index (χ3v) is 0.977. The molecule has 0 heterocycles. The first kappa shape index (κ1) is 11.9. The maximum atomic E-state index is 8.68. The van der Waals surface area contributed by atoms with Crippen LogP contribution in [0.1, 0.15) is 6.92 Å². The van der Waals surface area contributed by atoms with Crippen LogP contribution in [-0.2, 0) is 0 Å². The fourth-order valence-electron chi connectivity index (χ4n) is 0.132. The van der Waals surface area contributed by atoms with Gasteiger partial charge in [0.15, 0.2) is 5.72 Å². The summed E-state index contributed by atoms with van der Waals surface area (Å²) in [6.45, 7) is 0.668. The second-order valence-corrected chi connectivity index (χ2v) is 1.83. The van der Waals surface area contributed by atoms with Gasteiger partial charge in [0.1, 0.15) is 0 Å². The van der Waals surface area contributed by atoms with Gasteiger partial charge in [0.05, 0.1) is 12.7 Å². The zero-order chi connectivity index (χ0) is 6.78. The maximum absolute atomic E-state index is 8.68. The van der Waals surface area contributed by atoms with Crippen molar-refractivity contribution in [2.75, 3.05) is 6.61 Å². The van der Waals surface area contributed by atoms with Crippen molar-refractivity contribution >= 4 is 12.4 Å². The van der Waals surface area contributed by atoms with E-state index < -0.39 is 18.4 Å². The fraction of sp³-hybridized carbons (Fsp3) is 1.00. The Labute approximate surface area is 59.7 Å². The predicted molar refractivity (Wildman–Crippen MR) is 35.2 cm³/mol. The highest BCUT2D eigenvalue weighted by atomic mass is 35.5. The predicted octanol–water partition coefficient (Wildman–Crippen LogP) is -1.57. The molecule has 0 saturated carbocycles. The van der Waals surface area contributed by atoms with E-state index in [1.54, 1.807) is 0 Å². The van der Waals surface area contributed by atoms with Crippen LogP contribution in [0.25, 0.3) is 0 Å². The van der Waals surface area contributed by atoms with Crippen molar-refractivity contribution in [3.05, 3.63) is 0 Å². The molecule has 0 aromatic heterocycles. The van der Waals surface area contributed by atoms with Crippen molar-refractivity contribution in [2.24, 2.45) is 5.73 Å². The number of hydrogen-bond donors (Lipinski definition) is 4. The highest BCUT2D eigenvalue weighted by Gasteiger charge is 2.25. The van der Waals surface area contributed by atoms with E-state index in [-0.39, 0.29) is 12.4 Å². The van der Waals surface area contributed by atoms with Gasteiger partial charge in [-0.1, -0.05) is 0 Å². The van der Waals surface area contributed by atoms with E-state index in [0.29, 0.717) is 0 Å². The topological polar surface area (TPSA) is 86.7 Å². The quantitative estimate of drug-likeness (QED) is 0.365. The Bertz CT molecular complexity index is 76.2. The molecule has 0 aromatic carbocycles. The van der Waals surface area contributed by atoms with Gasteiger partial charge >= 0.3 is 0 Å². The summed E-state index contributed by atoms with van der Waals surface area (Å²) < 4.78 is 0. The zero-order valence-electron chi connectivity index (χ0n) is 5.11. The van der Waals surface area contributed by atoms with Crippen LogP contribution in [0.2, 0.25) is 0 Å². The highest BCUT2D eigenvalue weighted by Crippen LogP contribution is 1.98. The van der Waals surface area contributed by atoms with Gasteiger partial charge in [0.25, 0.3) is 0 Å². The molecule has 0 aromatic rings. The number of aliphatic hydroxyl groups excluding tert-OH is 2. The molecule has 58 valence electrons. The van der Waals surface area contributed by atoms with Gasteiger partial charge in [-0.3, -0.25) is 5.73 Å². The van der Waals surface area contributed by atoms with E-state index >= 15 is 0 Å². The van der Waals surface area contributed by atoms with Gasteiger partial charge in [-0.15, -0.1) is 12.4 Å². The smallest absolute Gasteiger partial charge is 0.162 e. The molecule has 0 aliphatic carbocycles. The van der Waals surface area contributed by atoms with Gasteiger partial charge < -0.3 is 15.3 Å². The van der Waals surface area contributed by atoms with Crippen molar-refractivity contribution in [2.45, 2.75) is 18.8 Å². The van der Waals surface area contributed by atoms with Crippen LogP contribution in [0.3, 0.4) is 0 Å². The molecule has 4 nitrogen and oxygen atoms in total. The number of hydrogen-bond acceptors (Lipinski definition) is 4. The Morgan fingerprint density at radius 3 is 2.00 bits per heavy atom. The lowest BCUT2D eigenvalue weighted by molar-refractivity contribution is -0.0928. The van der Waals surface area contributed by atoms with Crippen molar-refractivity contribution in [3.63, 3.8) is 0 Å². The Morgan fingerprint density at radius 1 is 1.67 bits per heavy atom. The minimum absolute atomic E-state index is 0. The Balaban J connectivity index is 0. The minimum Gasteiger partial charge on any atom is -0.392 e. The molecule has 0 bridgehead atoms. The van der Waals surface area contributed by atoms with Gasteiger partial charge in [0, 0.05) is 0 Å². The molecule has 0 aliphatic heterocycles. The largest absolute Gasteiger partial charge is 0.392 e. The van der Waals surface area contributed by atoms with Gasteiger partial charge in [-0.05, 0) is 6.92 Å². The van der Waals surface area contributed by atoms with E-state index in [4.69, 9.17) is 21.1 Å². The molecule has 0 fully saturated rings. The number of rotatable bonds is 2. The molecule has 0 saturated heterocycles. The van der Waals surface area contributed by atoms with Crippen LogP contribution in [0.4, 0.5) is 0 Å². The first-order valence-electron chi connectivity index (χ1n) is 2.31. The Morgan fingerprint density at radius 2 is 2.00 bits per heavy atom. The lowest BCUT2D eigenvalue weighted by atomic mass is 10.1. The molecule has 0 amide bonds. The molecule has 2 unspecified atom stereocenters. The summed E-state index contributed by atoms with van der Waals surface area (Å²) in [5.74, 6) is 0. The first-order chi connectivity index (χ1) is 3.50. The molecule has 0 rings (SSSR count). The van der Waals surface area contributed by atoms with Gasteiger partial charge in [0.2, 0.25) is 0 Å². The summed E-state index contributed by atoms with van der Waals surface area (Å²) in [5.41, 5.74) is 3.07. The Kier molecular flexibility index (Phi) is 5.31. The maximum Gasteiger partial charge on any atom is 0.162 e. The third kappa shape index (κ3) is 3.66. The Hall–Kier alpha value is 0.130. The summed E-state index contributed by atoms with van der Waals surface area (Å²) in [7, 11) is 0. The average Bonchev–Trinajstić information content (AvgIpc) is 1.67. The van der Waals surface area contributed by atoms with Crippen molar-refractivity contribution in [3.8, 4) is 0 Å². The van der Waals surface area contributed by atoms with Crippen LogP contribution in [0, 0.1) is 0 Å². The molecule has 9 heavy (non-hydrogen) atoms. The number of aliphatic hydroxyl groups is 3. The van der Waals surface area contributed by atoms with E-state index in [2.05, 4.69) is 0 Å². The number of nitrogens with two attached hydrogens (primary N) is 1. The van der Waals surface area contributed by atoms with E-state index in [1.807, 2.05) is 0 Å². The van der Waals surface area contributed by atoms with Crippen LogP contribution < -0.4 is 5.73 Å². The van der Waals surface area contributed by atoms with E-state index in [0.717, 1.165) is 0 Å². The van der Waals surface area contributed by atoms with Gasteiger partial charge in [-0.2, -0.15) is 0 Å². The normalized spacial score (nSPS) is 19.7. The molecule has 5 N–H and O–H groups in total. The third-order valence-electron chi connectivity index (χ3n) is 0.977. The molecule has 0 aliphatic rings. The zero-order valence-corrected chi connectivity index (χ0v) is 5.93. The highest BCUT2D eigenvalue weighted by molar-refractivity contribution is 5.85. The summed E-state index contributed by atoms with van der Waals surface area (Å²) in [4.78, 5) is 0. The van der Waals surface area contributed by atoms with Crippen LogP contribution >= 0.6 is 12.4 Å². The fourth-order valence-corrected chi connectivity index (χ4v) is 0.132. The standard InChI is InChI=1S/C4H11NO3.ClH/c1-3(7)4(5,8)2-6;/h3,6-8H,2,5H2,1H3;1H. The second-order valence-electron chi connectivity index (χ2n) is 1.83. The summed E-state index contributed by atoms with van der Waals surface area (Å²) in [6.07, 6.45) is -1.10. The monoisotopic (exact) mass is 157 g/mol. The van der Waals surface area contributed by atoms with E-state index in [1.165, 1.54) is 6.92 Å². The molecular formula is C4H12ClNO3. The van der Waals surface area contributed by atoms with Crippen molar-refractivity contribution in [1.29, 1.82) is 0 Å². The molecule has 0 spiro atoms. The van der Waals surface area contributed by atoms with E-state index in [9.17, 15) is 0 Å². The van der Waals surface area contributed by atoms with Crippen LogP contribution in [0.5, 0.6) is 0 Å². The molecule has 5 heteroatoms. The first-order valence-corrected chi connectivity index (χ1v) is 2.31. The summed E-state index contributed by atoms with van der Waals surface area (Å²) in [6, 6.07) is 0. The number of halogens is 1. The van der Waals surface area contributed by atoms with Crippen molar-refractivity contribution in [1.82, 2.24) is 0 Å². The van der Waals surface area contributed by atoms with Crippen LogP contribution in [-0.4, -0.2) is 33.8 Å². The lowest BCUT2D eigenvalue weighted by Crippen LogP contribution is -2.52.